The standard InChI is InChI=1S/C35H52N7O8P/c1-3-4-5-6-7-8-9-10-11-12-13-14-15-16-17-18-19-20-21-23-30(43)38-25-22-27-51(47,48-2)49-28-35(40-41-37)32(45)31(44)33(50-35)42-26-24-29(36)39-34(42)46/h4-5,7-8,10-11,13-14,16-17,19-20,24,26,31-33,44-45H,3,6,9,12,15,18,21-23,25,27-28H2,1-2H3,(H,38,43)(H2,36,39,46)/b5-4-,8-7-,11-10-,14-13-,17-16-,20-19-/t31-,32+,33-,35-,51?/m1/s1. The second-order valence-electron chi connectivity index (χ2n) is 11.5. The fourth-order valence-electron chi connectivity index (χ4n) is 4.76. The number of hydrogen-bond acceptors (Lipinski definition) is 11. The summed E-state index contributed by atoms with van der Waals surface area (Å²) >= 11 is 0. The van der Waals surface area contributed by atoms with E-state index < -0.39 is 44.1 Å². The highest BCUT2D eigenvalue weighted by Crippen LogP contribution is 2.50. The van der Waals surface area contributed by atoms with E-state index in [0.717, 1.165) is 50.2 Å². The molecule has 5 atom stereocenters. The Labute approximate surface area is 299 Å². The van der Waals surface area contributed by atoms with Crippen LogP contribution in [-0.2, 0) is 23.1 Å². The van der Waals surface area contributed by atoms with E-state index in [1.54, 1.807) is 0 Å². The monoisotopic (exact) mass is 729 g/mol. The van der Waals surface area contributed by atoms with Crippen LogP contribution in [0.3, 0.4) is 0 Å². The first kappa shape index (κ1) is 43.1. The van der Waals surface area contributed by atoms with Gasteiger partial charge in [0.05, 0.1) is 12.8 Å². The summed E-state index contributed by atoms with van der Waals surface area (Å²) in [4.78, 5) is 30.7. The number of amides is 1. The summed E-state index contributed by atoms with van der Waals surface area (Å²) in [6.45, 7) is 1.56. The molecule has 51 heavy (non-hydrogen) atoms. The Balaban J connectivity index is 1.66. The van der Waals surface area contributed by atoms with Gasteiger partial charge < -0.3 is 35.0 Å². The van der Waals surface area contributed by atoms with Gasteiger partial charge in [-0.2, -0.15) is 4.98 Å². The molecule has 0 bridgehead atoms. The topological polar surface area (TPSA) is 224 Å². The molecule has 0 aromatic carbocycles. The minimum Gasteiger partial charge on any atom is -0.387 e. The zero-order valence-electron chi connectivity index (χ0n) is 29.4. The maximum atomic E-state index is 13.2. The van der Waals surface area contributed by atoms with Crippen molar-refractivity contribution < 1.29 is 33.4 Å². The van der Waals surface area contributed by atoms with Gasteiger partial charge in [-0.3, -0.25) is 13.9 Å². The highest BCUT2D eigenvalue weighted by molar-refractivity contribution is 7.53. The number of nitrogens with one attached hydrogen (secondary N) is 1. The maximum Gasteiger partial charge on any atom is 0.351 e. The SMILES string of the molecule is CC/C=C\C/C=C\C/C=C\C/C=C\C/C=C\C/C=C\CCC(=O)NCCCP(=O)(OC)OC[C@@]1(N=[N+]=[N-])O[C@@H](n2ccc(N)nc2=O)[C@H](O)[C@@H]1O. The van der Waals surface area contributed by atoms with E-state index in [0.29, 0.717) is 12.8 Å². The average molecular weight is 730 g/mol. The zero-order valence-corrected chi connectivity index (χ0v) is 30.3. The molecular formula is C35H52N7O8P. The molecule has 1 aliphatic heterocycles. The van der Waals surface area contributed by atoms with Gasteiger partial charge in [0.1, 0.15) is 18.0 Å². The van der Waals surface area contributed by atoms with Crippen molar-refractivity contribution in [2.45, 2.75) is 88.9 Å². The summed E-state index contributed by atoms with van der Waals surface area (Å²) in [6, 6.07) is 1.27. The average Bonchev–Trinajstić information content (AvgIpc) is 3.35. The summed E-state index contributed by atoms with van der Waals surface area (Å²) in [5.74, 6) is -0.240. The fourth-order valence-corrected chi connectivity index (χ4v) is 6.11. The van der Waals surface area contributed by atoms with Gasteiger partial charge in [0.2, 0.25) is 11.6 Å². The number of aliphatic hydroxyl groups excluding tert-OH is 2. The van der Waals surface area contributed by atoms with E-state index in [9.17, 15) is 24.4 Å². The highest BCUT2D eigenvalue weighted by atomic mass is 31.2. The lowest BCUT2D eigenvalue weighted by atomic mass is 10.1. The largest absolute Gasteiger partial charge is 0.387 e. The van der Waals surface area contributed by atoms with Crippen LogP contribution >= 0.6 is 7.60 Å². The van der Waals surface area contributed by atoms with Crippen molar-refractivity contribution in [2.75, 3.05) is 32.2 Å². The van der Waals surface area contributed by atoms with E-state index in [1.807, 2.05) is 12.2 Å². The molecule has 280 valence electrons. The maximum absolute atomic E-state index is 13.2. The molecule has 0 spiro atoms. The Morgan fingerprint density at radius 3 is 2.18 bits per heavy atom. The first-order valence-electron chi connectivity index (χ1n) is 17.0. The number of rotatable bonds is 24. The van der Waals surface area contributed by atoms with E-state index in [1.165, 1.54) is 12.3 Å². The second kappa shape index (κ2) is 24.2. The zero-order chi connectivity index (χ0) is 37.4. The number of allylic oxidation sites excluding steroid dienone is 12. The third-order valence-corrected chi connectivity index (χ3v) is 9.50. The van der Waals surface area contributed by atoms with Gasteiger partial charge >= 0.3 is 13.3 Å². The number of hydrogen-bond donors (Lipinski definition) is 4. The third kappa shape index (κ3) is 15.8. The summed E-state index contributed by atoms with van der Waals surface area (Å²) in [5, 5.41) is 27.5. The van der Waals surface area contributed by atoms with Crippen LogP contribution < -0.4 is 16.7 Å². The van der Waals surface area contributed by atoms with Gasteiger partial charge in [0.25, 0.3) is 0 Å². The molecular weight excluding hydrogens is 677 g/mol. The van der Waals surface area contributed by atoms with Crippen LogP contribution in [0.2, 0.25) is 0 Å². The van der Waals surface area contributed by atoms with Crippen LogP contribution in [-0.4, -0.2) is 70.0 Å². The van der Waals surface area contributed by atoms with Crippen LogP contribution in [0.1, 0.15) is 70.9 Å². The van der Waals surface area contributed by atoms with Gasteiger partial charge in [0.15, 0.2) is 6.23 Å². The lowest BCUT2D eigenvalue weighted by molar-refractivity contribution is -0.121. The van der Waals surface area contributed by atoms with Gasteiger partial charge in [-0.05, 0) is 63.0 Å². The molecule has 16 heteroatoms. The molecule has 1 amide bonds. The van der Waals surface area contributed by atoms with Crippen molar-refractivity contribution in [3.8, 4) is 0 Å². The van der Waals surface area contributed by atoms with Crippen LogP contribution in [0, 0.1) is 0 Å². The number of carbonyl (C=O) groups is 1. The predicted molar refractivity (Wildman–Crippen MR) is 197 cm³/mol. The van der Waals surface area contributed by atoms with Crippen LogP contribution in [0.25, 0.3) is 10.4 Å². The van der Waals surface area contributed by atoms with Crippen molar-refractivity contribution in [3.63, 3.8) is 0 Å². The number of nitrogens with two attached hydrogens (primary N) is 1. The first-order chi connectivity index (χ1) is 24.6. The molecule has 2 heterocycles. The lowest BCUT2D eigenvalue weighted by Crippen LogP contribution is -2.45. The van der Waals surface area contributed by atoms with E-state index in [4.69, 9.17) is 25.0 Å². The van der Waals surface area contributed by atoms with E-state index in [-0.39, 0.29) is 30.9 Å². The number of nitrogen functional groups attached to an aromatic ring is 1. The number of aromatic nitrogens is 2. The van der Waals surface area contributed by atoms with Gasteiger partial charge in [0, 0.05) is 31.2 Å². The Bertz CT molecular complexity index is 1550. The smallest absolute Gasteiger partial charge is 0.351 e. The molecule has 1 aromatic heterocycles. The lowest BCUT2D eigenvalue weighted by Gasteiger charge is -2.28. The fraction of sp³-hybridized carbons (Fsp3) is 0.514. The summed E-state index contributed by atoms with van der Waals surface area (Å²) < 4.78 is 30.3. The molecule has 0 radical (unpaired) electrons. The predicted octanol–water partition coefficient (Wildman–Crippen LogP) is 5.92. The van der Waals surface area contributed by atoms with E-state index in [2.05, 4.69) is 88.0 Å². The Morgan fingerprint density at radius 1 is 1.08 bits per heavy atom. The normalized spacial score (nSPS) is 22.2. The number of azide groups is 1. The number of carbonyl (C=O) groups excluding carboxylic acids is 1. The number of nitrogens with zero attached hydrogens (tertiary/aromatic N) is 5. The Morgan fingerprint density at radius 2 is 1.65 bits per heavy atom. The van der Waals surface area contributed by atoms with Gasteiger partial charge in [-0.15, -0.1) is 0 Å². The number of anilines is 1. The summed E-state index contributed by atoms with van der Waals surface area (Å²) in [7, 11) is -2.66. The molecule has 1 aliphatic rings. The van der Waals surface area contributed by atoms with Crippen molar-refractivity contribution >= 4 is 19.3 Å². The van der Waals surface area contributed by atoms with Crippen LogP contribution in [0.15, 0.2) is 95.1 Å². The quantitative estimate of drug-likeness (QED) is 0.0245. The van der Waals surface area contributed by atoms with Crippen LogP contribution in [0.5, 0.6) is 0 Å². The molecule has 5 N–H and O–H groups in total. The van der Waals surface area contributed by atoms with Crippen molar-refractivity contribution in [1.29, 1.82) is 0 Å². The molecule has 1 fully saturated rings. The Kier molecular flexibility index (Phi) is 20.4. The summed E-state index contributed by atoms with van der Waals surface area (Å²) in [6.07, 6.45) is 28.1. The number of aliphatic hydroxyl groups is 2. The van der Waals surface area contributed by atoms with E-state index >= 15 is 0 Å². The third-order valence-electron chi connectivity index (χ3n) is 7.55. The molecule has 1 aromatic rings. The van der Waals surface area contributed by atoms with Crippen molar-refractivity contribution in [3.05, 3.63) is 106 Å². The molecule has 2 rings (SSSR count). The highest BCUT2D eigenvalue weighted by Gasteiger charge is 2.56. The summed E-state index contributed by atoms with van der Waals surface area (Å²) in [5.41, 5.74) is 11.5. The first-order valence-corrected chi connectivity index (χ1v) is 18.7. The van der Waals surface area contributed by atoms with Crippen molar-refractivity contribution in [2.24, 2.45) is 5.11 Å². The second-order valence-corrected chi connectivity index (χ2v) is 13.8. The van der Waals surface area contributed by atoms with Gasteiger partial charge in [-0.25, -0.2) is 4.79 Å². The van der Waals surface area contributed by atoms with Gasteiger partial charge in [-0.1, -0.05) is 85.0 Å². The molecule has 15 nitrogen and oxygen atoms in total. The molecule has 0 saturated carbocycles. The Hall–Kier alpha value is -4.07. The molecule has 1 saturated heterocycles. The minimum absolute atomic E-state index is 0.0731. The van der Waals surface area contributed by atoms with Crippen LogP contribution in [0.4, 0.5) is 5.82 Å². The molecule has 0 aliphatic carbocycles. The molecule has 1 unspecified atom stereocenters. The van der Waals surface area contributed by atoms with Crippen molar-refractivity contribution in [1.82, 2.24) is 14.9 Å². The minimum atomic E-state index is -3.82. The number of ether oxygens (including phenoxy) is 1.